The third-order valence-corrected chi connectivity index (χ3v) is 6.71. The van der Waals surface area contributed by atoms with Crippen molar-refractivity contribution in [2.45, 2.75) is 38.6 Å². The van der Waals surface area contributed by atoms with Crippen molar-refractivity contribution >= 4 is 29.4 Å². The second-order valence-electron chi connectivity index (χ2n) is 10.3. The van der Waals surface area contributed by atoms with Crippen LogP contribution in [0.2, 0.25) is 5.02 Å². The molecule has 1 amide bonds. The molecule has 13 nitrogen and oxygen atoms in total. The Morgan fingerprint density at radius 1 is 0.848 bits per heavy atom. The van der Waals surface area contributed by atoms with Crippen molar-refractivity contribution < 1.29 is 59.5 Å². The molecule has 242 valence electrons. The van der Waals surface area contributed by atoms with Crippen LogP contribution < -0.4 is 10.1 Å². The van der Waals surface area contributed by atoms with Crippen molar-refractivity contribution in [1.82, 2.24) is 0 Å². The van der Waals surface area contributed by atoms with Crippen molar-refractivity contribution in [2.75, 3.05) is 5.32 Å². The van der Waals surface area contributed by atoms with Crippen molar-refractivity contribution in [3.05, 3.63) is 88.4 Å². The Morgan fingerprint density at radius 3 is 2.17 bits per heavy atom. The van der Waals surface area contributed by atoms with E-state index in [2.05, 4.69) is 5.32 Å². The first-order valence-corrected chi connectivity index (χ1v) is 14.0. The first-order chi connectivity index (χ1) is 21.7. The van der Waals surface area contributed by atoms with Crippen LogP contribution in [0.5, 0.6) is 46.0 Å². The molecule has 0 saturated heterocycles. The summed E-state index contributed by atoms with van der Waals surface area (Å²) in [5.74, 6) is -4.43. The molecule has 46 heavy (non-hydrogen) atoms. The predicted octanol–water partition coefficient (Wildman–Crippen LogP) is 5.82. The summed E-state index contributed by atoms with van der Waals surface area (Å²) in [6.45, 7) is 3.58. The molecule has 0 saturated carbocycles. The number of hydrogen-bond donors (Lipinski definition) is 8. The summed E-state index contributed by atoms with van der Waals surface area (Å²) in [5, 5.41) is 71.4. The number of phenols is 7. The molecule has 2 unspecified atom stereocenters. The van der Waals surface area contributed by atoms with Crippen LogP contribution in [0.25, 0.3) is 0 Å². The molecule has 0 fully saturated rings. The average Bonchev–Trinajstić information content (AvgIpc) is 2.97. The van der Waals surface area contributed by atoms with Gasteiger partial charge in [-0.3, -0.25) is 5.32 Å². The Bertz CT molecular complexity index is 1740. The molecule has 4 aromatic carbocycles. The van der Waals surface area contributed by atoms with Gasteiger partial charge in [-0.25, -0.2) is 9.59 Å². The highest BCUT2D eigenvalue weighted by Gasteiger charge is 2.37. The molecule has 1 aliphatic rings. The van der Waals surface area contributed by atoms with Crippen molar-refractivity contribution in [3.8, 4) is 46.0 Å². The second-order valence-corrected chi connectivity index (χ2v) is 10.8. The lowest BCUT2D eigenvalue weighted by molar-refractivity contribution is -0.0189. The number of nitrogens with one attached hydrogen (secondary N) is 1. The van der Waals surface area contributed by atoms with Gasteiger partial charge in [-0.1, -0.05) is 23.7 Å². The van der Waals surface area contributed by atoms with Crippen LogP contribution in [0.1, 0.15) is 41.4 Å². The monoisotopic (exact) mass is 655 g/mol. The molecule has 0 bridgehead atoms. The number of fused-ring (bicyclic) bond motifs is 1. The van der Waals surface area contributed by atoms with Gasteiger partial charge in [-0.2, -0.15) is 0 Å². The summed E-state index contributed by atoms with van der Waals surface area (Å²) in [6.07, 6.45) is -2.72. The van der Waals surface area contributed by atoms with Crippen LogP contribution in [0, 0.1) is 0 Å². The number of phenolic OH excluding ortho intramolecular Hbond substituents is 7. The zero-order valence-electron chi connectivity index (χ0n) is 24.3. The highest BCUT2D eigenvalue weighted by molar-refractivity contribution is 6.30. The van der Waals surface area contributed by atoms with Gasteiger partial charge in [0.15, 0.2) is 34.9 Å². The quantitative estimate of drug-likeness (QED) is 0.0942. The molecule has 5 rings (SSSR count). The molecule has 0 radical (unpaired) electrons. The van der Waals surface area contributed by atoms with Gasteiger partial charge < -0.3 is 50.0 Å². The van der Waals surface area contributed by atoms with Gasteiger partial charge >= 0.3 is 12.1 Å². The van der Waals surface area contributed by atoms with Crippen LogP contribution >= 0.6 is 11.6 Å². The molecule has 14 heteroatoms. The third kappa shape index (κ3) is 8.07. The molecule has 0 spiro atoms. The SMILES string of the molecule is CC(C)OC(=O)Nc1cccc(Cl)c1.O=C(OC1Cc2c(O)cc(O)cc2OC1c1ccc(O)c(O)c1)c1cc(O)c(O)c(O)c1. The summed E-state index contributed by atoms with van der Waals surface area (Å²) in [6, 6.07) is 15.0. The maximum Gasteiger partial charge on any atom is 0.411 e. The van der Waals surface area contributed by atoms with Gasteiger partial charge in [0, 0.05) is 40.4 Å². The standard InChI is InChI=1S/C22H18O10.C10H12ClNO2/c23-11-6-14(25)12-8-19(32-22(30)10-4-16(27)20(29)17(28)5-10)21(31-18(12)7-11)9-1-2-13(24)15(26)3-9;1-7(2)14-10(13)12-9-5-3-4-8(11)6-9/h1-7,19,21,23-29H,8H2;3-7H,1-2H3,(H,12,13). The summed E-state index contributed by atoms with van der Waals surface area (Å²) < 4.78 is 16.3. The molecular formula is C32H30ClNO12. The van der Waals surface area contributed by atoms with E-state index in [9.17, 15) is 45.3 Å². The van der Waals surface area contributed by atoms with E-state index < -0.39 is 47.3 Å². The van der Waals surface area contributed by atoms with Crippen LogP contribution in [0.4, 0.5) is 10.5 Å². The number of rotatable bonds is 5. The highest BCUT2D eigenvalue weighted by Crippen LogP contribution is 2.44. The van der Waals surface area contributed by atoms with Gasteiger partial charge in [-0.05, 0) is 56.3 Å². The number of hydrogen-bond acceptors (Lipinski definition) is 12. The van der Waals surface area contributed by atoms with Crippen molar-refractivity contribution in [3.63, 3.8) is 0 Å². The summed E-state index contributed by atoms with van der Waals surface area (Å²) in [7, 11) is 0. The fraction of sp³-hybridized carbons (Fsp3) is 0.188. The Morgan fingerprint density at radius 2 is 1.54 bits per heavy atom. The summed E-state index contributed by atoms with van der Waals surface area (Å²) >= 11 is 5.74. The molecule has 0 aromatic heterocycles. The Kier molecular flexibility index (Phi) is 10.1. The van der Waals surface area contributed by atoms with Crippen LogP contribution in [0.3, 0.4) is 0 Å². The van der Waals surface area contributed by atoms with E-state index in [1.54, 1.807) is 38.1 Å². The lowest BCUT2D eigenvalue weighted by atomic mass is 9.93. The predicted molar refractivity (Wildman–Crippen MR) is 164 cm³/mol. The smallest absolute Gasteiger partial charge is 0.411 e. The molecule has 0 aliphatic carbocycles. The maximum absolute atomic E-state index is 12.7. The summed E-state index contributed by atoms with van der Waals surface area (Å²) in [4.78, 5) is 23.9. The maximum atomic E-state index is 12.7. The number of carbonyl (C=O) groups is 2. The molecule has 1 aliphatic heterocycles. The molecular weight excluding hydrogens is 626 g/mol. The van der Waals surface area contributed by atoms with Crippen LogP contribution in [-0.2, 0) is 15.9 Å². The number of amides is 1. The lowest BCUT2D eigenvalue weighted by Crippen LogP contribution is -2.34. The van der Waals surface area contributed by atoms with E-state index in [1.807, 2.05) is 0 Å². The number of aromatic hydroxyl groups is 7. The van der Waals surface area contributed by atoms with Crippen LogP contribution in [0.15, 0.2) is 66.7 Å². The third-order valence-electron chi connectivity index (χ3n) is 6.47. The van der Waals surface area contributed by atoms with E-state index in [0.717, 1.165) is 18.2 Å². The number of esters is 1. The minimum absolute atomic E-state index is 0.0461. The Hall–Kier alpha value is -5.69. The zero-order valence-corrected chi connectivity index (χ0v) is 25.1. The van der Waals surface area contributed by atoms with E-state index in [-0.39, 0.29) is 46.6 Å². The highest BCUT2D eigenvalue weighted by atomic mass is 35.5. The van der Waals surface area contributed by atoms with Gasteiger partial charge in [0.2, 0.25) is 0 Å². The Balaban J connectivity index is 0.000000288. The van der Waals surface area contributed by atoms with Crippen molar-refractivity contribution in [1.29, 1.82) is 0 Å². The van der Waals surface area contributed by atoms with E-state index in [1.165, 1.54) is 24.3 Å². The van der Waals surface area contributed by atoms with E-state index >= 15 is 0 Å². The molecule has 8 N–H and O–H groups in total. The van der Waals surface area contributed by atoms with E-state index in [0.29, 0.717) is 16.3 Å². The van der Waals surface area contributed by atoms with Gasteiger partial charge in [-0.15, -0.1) is 0 Å². The van der Waals surface area contributed by atoms with Gasteiger partial charge in [0.25, 0.3) is 0 Å². The first-order valence-electron chi connectivity index (χ1n) is 13.6. The number of benzene rings is 4. The largest absolute Gasteiger partial charge is 0.508 e. The fourth-order valence-corrected chi connectivity index (χ4v) is 4.60. The average molecular weight is 656 g/mol. The normalized spacial score (nSPS) is 15.0. The number of anilines is 1. The van der Waals surface area contributed by atoms with Crippen LogP contribution in [-0.4, -0.2) is 60.0 Å². The molecule has 1 heterocycles. The summed E-state index contributed by atoms with van der Waals surface area (Å²) in [5.41, 5.74) is 0.952. The van der Waals surface area contributed by atoms with Gasteiger partial charge in [0.1, 0.15) is 23.4 Å². The van der Waals surface area contributed by atoms with E-state index in [4.69, 9.17) is 25.8 Å². The Labute approximate surface area is 267 Å². The fourth-order valence-electron chi connectivity index (χ4n) is 4.41. The number of carbonyl (C=O) groups excluding carboxylic acids is 2. The first kappa shape index (κ1) is 33.2. The zero-order chi connectivity index (χ0) is 33.7. The molecule has 2 atom stereocenters. The number of halogens is 1. The lowest BCUT2D eigenvalue weighted by Gasteiger charge is -2.34. The minimum Gasteiger partial charge on any atom is -0.508 e. The minimum atomic E-state index is -1.06. The second kappa shape index (κ2) is 13.9. The molecule has 4 aromatic rings. The van der Waals surface area contributed by atoms with Gasteiger partial charge in [0.05, 0.1) is 11.7 Å². The number of ether oxygens (including phenoxy) is 3. The van der Waals surface area contributed by atoms with Crippen molar-refractivity contribution in [2.24, 2.45) is 0 Å². The topological polar surface area (TPSA) is 215 Å².